The van der Waals surface area contributed by atoms with Gasteiger partial charge >= 0.3 is 0 Å². The van der Waals surface area contributed by atoms with Crippen LogP contribution in [0.15, 0.2) is 21.1 Å². The molecule has 0 aliphatic rings. The molecule has 7 heteroatoms. The molecule has 0 aromatic carbocycles. The monoisotopic (exact) mass is 342 g/mol. The van der Waals surface area contributed by atoms with E-state index in [1.165, 1.54) is 0 Å². The van der Waals surface area contributed by atoms with Gasteiger partial charge in [-0.15, -0.1) is 0 Å². The van der Waals surface area contributed by atoms with E-state index in [1.807, 2.05) is 33.8 Å². The summed E-state index contributed by atoms with van der Waals surface area (Å²) in [5.74, 6) is 1.27. The molecule has 0 radical (unpaired) electrons. The van der Waals surface area contributed by atoms with Crippen molar-refractivity contribution < 1.29 is 13.7 Å². The number of aryl methyl sites for hydroxylation is 3. The zero-order valence-electron chi connectivity index (χ0n) is 15.1. The van der Waals surface area contributed by atoms with Gasteiger partial charge in [0.05, 0.1) is 22.3 Å². The van der Waals surface area contributed by atoms with Crippen LogP contribution in [0.3, 0.4) is 0 Å². The highest BCUT2D eigenvalue weighted by Gasteiger charge is 2.22. The number of pyridine rings is 1. The summed E-state index contributed by atoms with van der Waals surface area (Å²) in [4.78, 5) is 17.2. The number of furan rings is 1. The van der Waals surface area contributed by atoms with Crippen molar-refractivity contribution in [3.8, 4) is 11.3 Å². The van der Waals surface area contributed by atoms with Crippen LogP contribution in [0.25, 0.3) is 22.4 Å². The number of aromatic nitrogens is 2. The third kappa shape index (κ3) is 3.41. The van der Waals surface area contributed by atoms with Crippen molar-refractivity contribution in [1.82, 2.24) is 15.5 Å². The first-order valence-electron chi connectivity index (χ1n) is 8.07. The molecule has 25 heavy (non-hydrogen) atoms. The second-order valence-corrected chi connectivity index (χ2v) is 7.00. The Hall–Kier alpha value is -2.67. The number of carbonyl (C=O) groups excluding carboxylic acids is 1. The number of nitrogens with zero attached hydrogens (tertiary/aromatic N) is 2. The zero-order valence-corrected chi connectivity index (χ0v) is 15.1. The standard InChI is InChI=1S/C18H22N4O3/c1-9-6-12(11(3)24-9)14-7-13(16(23)20-8-18(4,5)19)15-10(2)22-25-17(15)21-14/h6-7H,8,19H2,1-5H3,(H,20,23). The van der Waals surface area contributed by atoms with Crippen molar-refractivity contribution in [2.24, 2.45) is 5.73 Å². The fourth-order valence-electron chi connectivity index (χ4n) is 2.70. The summed E-state index contributed by atoms with van der Waals surface area (Å²) in [5.41, 5.74) is 8.28. The van der Waals surface area contributed by atoms with Crippen molar-refractivity contribution in [3.05, 3.63) is 34.9 Å². The van der Waals surface area contributed by atoms with E-state index in [-0.39, 0.29) is 5.91 Å². The molecular formula is C18H22N4O3. The number of fused-ring (bicyclic) bond motifs is 1. The minimum absolute atomic E-state index is 0.239. The summed E-state index contributed by atoms with van der Waals surface area (Å²) in [7, 11) is 0. The van der Waals surface area contributed by atoms with E-state index < -0.39 is 5.54 Å². The summed E-state index contributed by atoms with van der Waals surface area (Å²) in [5, 5.41) is 7.41. The second kappa shape index (κ2) is 6.00. The van der Waals surface area contributed by atoms with Crippen molar-refractivity contribution in [2.45, 2.75) is 40.2 Å². The molecule has 132 valence electrons. The lowest BCUT2D eigenvalue weighted by atomic mass is 10.0. The Morgan fingerprint density at radius 3 is 2.60 bits per heavy atom. The van der Waals surface area contributed by atoms with Crippen LogP contribution in [0.1, 0.15) is 41.4 Å². The van der Waals surface area contributed by atoms with Crippen LogP contribution in [-0.2, 0) is 0 Å². The molecule has 0 fully saturated rings. The number of nitrogens with one attached hydrogen (secondary N) is 1. The Bertz CT molecular complexity index is 947. The summed E-state index contributed by atoms with van der Waals surface area (Å²) < 4.78 is 10.9. The molecule has 0 aliphatic carbocycles. The number of carbonyl (C=O) groups is 1. The number of hydrogen-bond donors (Lipinski definition) is 2. The van der Waals surface area contributed by atoms with Crippen LogP contribution in [0.2, 0.25) is 0 Å². The molecule has 0 aliphatic heterocycles. The van der Waals surface area contributed by atoms with Crippen molar-refractivity contribution in [3.63, 3.8) is 0 Å². The first-order valence-corrected chi connectivity index (χ1v) is 8.07. The molecule has 0 saturated carbocycles. The third-order valence-corrected chi connectivity index (χ3v) is 3.88. The van der Waals surface area contributed by atoms with Crippen LogP contribution < -0.4 is 11.1 Å². The minimum Gasteiger partial charge on any atom is -0.466 e. The van der Waals surface area contributed by atoms with Crippen LogP contribution in [0, 0.1) is 20.8 Å². The average Bonchev–Trinajstić information content (AvgIpc) is 3.05. The molecule has 3 heterocycles. The van der Waals surface area contributed by atoms with E-state index >= 15 is 0 Å². The van der Waals surface area contributed by atoms with E-state index in [0.717, 1.165) is 17.1 Å². The predicted molar refractivity (Wildman–Crippen MR) is 94.3 cm³/mol. The van der Waals surface area contributed by atoms with Crippen molar-refractivity contribution in [2.75, 3.05) is 6.54 Å². The highest BCUT2D eigenvalue weighted by atomic mass is 16.5. The lowest BCUT2D eigenvalue weighted by Crippen LogP contribution is -2.45. The fraction of sp³-hybridized carbons (Fsp3) is 0.389. The highest BCUT2D eigenvalue weighted by molar-refractivity contribution is 6.07. The van der Waals surface area contributed by atoms with Gasteiger partial charge in [-0.25, -0.2) is 4.98 Å². The fourth-order valence-corrected chi connectivity index (χ4v) is 2.70. The van der Waals surface area contributed by atoms with Gasteiger partial charge in [0, 0.05) is 17.6 Å². The largest absolute Gasteiger partial charge is 0.466 e. The third-order valence-electron chi connectivity index (χ3n) is 3.88. The first kappa shape index (κ1) is 17.2. The van der Waals surface area contributed by atoms with E-state index in [9.17, 15) is 4.79 Å². The molecule has 7 nitrogen and oxygen atoms in total. The van der Waals surface area contributed by atoms with Gasteiger partial charge in [0.2, 0.25) is 0 Å². The van der Waals surface area contributed by atoms with Gasteiger partial charge in [0.25, 0.3) is 11.6 Å². The maximum absolute atomic E-state index is 12.7. The van der Waals surface area contributed by atoms with Crippen molar-refractivity contribution >= 4 is 17.0 Å². The summed E-state index contributed by atoms with van der Waals surface area (Å²) in [6.45, 7) is 9.55. The average molecular weight is 342 g/mol. The second-order valence-electron chi connectivity index (χ2n) is 7.00. The topological polar surface area (TPSA) is 107 Å². The lowest BCUT2D eigenvalue weighted by Gasteiger charge is -2.19. The maximum Gasteiger partial charge on any atom is 0.259 e. The first-order chi connectivity index (χ1) is 11.7. The van der Waals surface area contributed by atoms with E-state index in [4.69, 9.17) is 14.7 Å². The van der Waals surface area contributed by atoms with Gasteiger partial charge in [-0.3, -0.25) is 4.79 Å². The van der Waals surface area contributed by atoms with Crippen LogP contribution in [0.5, 0.6) is 0 Å². The molecule has 0 spiro atoms. The zero-order chi connectivity index (χ0) is 18.4. The van der Waals surface area contributed by atoms with Crippen LogP contribution in [0.4, 0.5) is 0 Å². The molecule has 1 amide bonds. The van der Waals surface area contributed by atoms with Gasteiger partial charge in [0.1, 0.15) is 11.5 Å². The predicted octanol–water partition coefficient (Wildman–Crippen LogP) is 2.88. The van der Waals surface area contributed by atoms with Gasteiger partial charge < -0.3 is 20.0 Å². The van der Waals surface area contributed by atoms with Gasteiger partial charge in [0.15, 0.2) is 0 Å². The van der Waals surface area contributed by atoms with E-state index in [1.54, 1.807) is 13.0 Å². The molecule has 3 N–H and O–H groups in total. The summed E-state index contributed by atoms with van der Waals surface area (Å²) >= 11 is 0. The summed E-state index contributed by atoms with van der Waals surface area (Å²) in [6.07, 6.45) is 0. The quantitative estimate of drug-likeness (QED) is 0.755. The van der Waals surface area contributed by atoms with Crippen molar-refractivity contribution in [1.29, 1.82) is 0 Å². The lowest BCUT2D eigenvalue weighted by molar-refractivity contribution is 0.0947. The maximum atomic E-state index is 12.7. The van der Waals surface area contributed by atoms with E-state index in [2.05, 4.69) is 15.5 Å². The van der Waals surface area contributed by atoms with Crippen LogP contribution in [-0.4, -0.2) is 28.1 Å². The molecule has 0 saturated heterocycles. The SMILES string of the molecule is Cc1cc(-c2cc(C(=O)NCC(C)(C)N)c3c(C)noc3n2)c(C)o1. The van der Waals surface area contributed by atoms with Gasteiger partial charge in [-0.1, -0.05) is 5.16 Å². The Labute approximate surface area is 145 Å². The molecule has 3 aromatic rings. The number of rotatable bonds is 4. The van der Waals surface area contributed by atoms with Crippen LogP contribution >= 0.6 is 0 Å². The van der Waals surface area contributed by atoms with Gasteiger partial charge in [-0.2, -0.15) is 0 Å². The molecule has 3 aromatic heterocycles. The number of amides is 1. The Kier molecular flexibility index (Phi) is 4.12. The highest BCUT2D eigenvalue weighted by Crippen LogP contribution is 2.30. The Balaban J connectivity index is 2.11. The molecule has 0 atom stereocenters. The molecule has 3 rings (SSSR count). The Morgan fingerprint density at radius 2 is 2.00 bits per heavy atom. The number of nitrogens with two attached hydrogens (primary N) is 1. The normalized spacial score (nSPS) is 11.9. The van der Waals surface area contributed by atoms with Gasteiger partial charge in [-0.05, 0) is 46.8 Å². The molecule has 0 bridgehead atoms. The smallest absolute Gasteiger partial charge is 0.259 e. The Morgan fingerprint density at radius 1 is 1.28 bits per heavy atom. The minimum atomic E-state index is -0.507. The number of hydrogen-bond acceptors (Lipinski definition) is 6. The summed E-state index contributed by atoms with van der Waals surface area (Å²) in [6, 6.07) is 3.63. The molecular weight excluding hydrogens is 320 g/mol. The molecule has 0 unspecified atom stereocenters. The van der Waals surface area contributed by atoms with E-state index in [0.29, 0.717) is 34.6 Å².